The average molecular weight is 254 g/mol. The molecule has 0 amide bonds. The van der Waals surface area contributed by atoms with E-state index in [0.717, 1.165) is 30.6 Å². The van der Waals surface area contributed by atoms with Gasteiger partial charge in [-0.05, 0) is 43.0 Å². The van der Waals surface area contributed by atoms with Crippen molar-refractivity contribution in [1.29, 1.82) is 0 Å². The molecular formula is C13H16ClNO2. The number of carbonyl (C=O) groups is 1. The summed E-state index contributed by atoms with van der Waals surface area (Å²) in [6.07, 6.45) is 1.09. The highest BCUT2D eigenvalue weighted by atomic mass is 35.5. The number of carboxylic acids is 1. The Labute approximate surface area is 106 Å². The number of hydrogen-bond donors (Lipinski definition) is 2. The van der Waals surface area contributed by atoms with Crippen LogP contribution >= 0.6 is 11.6 Å². The number of hydrogen-bond acceptors (Lipinski definition) is 2. The largest absolute Gasteiger partial charge is 0.481 e. The van der Waals surface area contributed by atoms with Gasteiger partial charge in [0.15, 0.2) is 0 Å². The monoisotopic (exact) mass is 253 g/mol. The third-order valence-electron chi connectivity index (χ3n) is 3.40. The van der Waals surface area contributed by atoms with E-state index in [1.165, 1.54) is 0 Å². The third kappa shape index (κ3) is 2.61. The molecule has 2 rings (SSSR count). The van der Waals surface area contributed by atoms with Crippen LogP contribution in [0.4, 0.5) is 0 Å². The molecule has 1 heterocycles. The Morgan fingerprint density at radius 2 is 2.35 bits per heavy atom. The Morgan fingerprint density at radius 1 is 1.59 bits per heavy atom. The van der Waals surface area contributed by atoms with Gasteiger partial charge in [-0.1, -0.05) is 23.7 Å². The van der Waals surface area contributed by atoms with Crippen LogP contribution in [0.15, 0.2) is 18.2 Å². The average Bonchev–Trinajstić information content (AvgIpc) is 2.81. The van der Waals surface area contributed by atoms with Crippen molar-refractivity contribution in [3.63, 3.8) is 0 Å². The fourth-order valence-corrected chi connectivity index (χ4v) is 2.55. The van der Waals surface area contributed by atoms with Gasteiger partial charge in [0.2, 0.25) is 0 Å². The van der Waals surface area contributed by atoms with Crippen molar-refractivity contribution in [2.45, 2.75) is 25.2 Å². The van der Waals surface area contributed by atoms with Gasteiger partial charge in [0.1, 0.15) is 0 Å². The molecule has 2 unspecified atom stereocenters. The molecule has 1 aromatic carbocycles. The summed E-state index contributed by atoms with van der Waals surface area (Å²) in [6, 6.07) is 5.63. The van der Waals surface area contributed by atoms with Gasteiger partial charge in [0.05, 0.1) is 5.92 Å². The maximum Gasteiger partial charge on any atom is 0.310 e. The second-order valence-corrected chi connectivity index (χ2v) is 4.94. The first kappa shape index (κ1) is 12.4. The van der Waals surface area contributed by atoms with Crippen LogP contribution in [0.1, 0.15) is 36.3 Å². The molecule has 0 saturated carbocycles. The predicted molar refractivity (Wildman–Crippen MR) is 67.7 cm³/mol. The minimum atomic E-state index is -0.823. The summed E-state index contributed by atoms with van der Waals surface area (Å²) in [5.74, 6) is -0.878. The van der Waals surface area contributed by atoms with Crippen LogP contribution in [0, 0.1) is 0 Å². The molecule has 0 aliphatic carbocycles. The van der Waals surface area contributed by atoms with Gasteiger partial charge in [-0.2, -0.15) is 0 Å². The molecule has 2 N–H and O–H groups in total. The van der Waals surface area contributed by atoms with Crippen LogP contribution in [-0.2, 0) is 4.79 Å². The Balaban J connectivity index is 2.25. The van der Waals surface area contributed by atoms with E-state index < -0.39 is 11.9 Å². The summed E-state index contributed by atoms with van der Waals surface area (Å²) >= 11 is 6.24. The van der Waals surface area contributed by atoms with Crippen molar-refractivity contribution in [3.8, 4) is 0 Å². The van der Waals surface area contributed by atoms with E-state index in [1.54, 1.807) is 13.0 Å². The van der Waals surface area contributed by atoms with E-state index in [1.807, 2.05) is 12.1 Å². The lowest BCUT2D eigenvalue weighted by molar-refractivity contribution is -0.138. The van der Waals surface area contributed by atoms with E-state index in [9.17, 15) is 4.79 Å². The minimum Gasteiger partial charge on any atom is -0.481 e. The van der Waals surface area contributed by atoms with Crippen molar-refractivity contribution in [1.82, 2.24) is 5.32 Å². The van der Waals surface area contributed by atoms with Crippen LogP contribution in [0.25, 0.3) is 0 Å². The lowest BCUT2D eigenvalue weighted by atomic mass is 9.94. The molecule has 17 heavy (non-hydrogen) atoms. The highest BCUT2D eigenvalue weighted by Gasteiger charge is 2.21. The summed E-state index contributed by atoms with van der Waals surface area (Å²) < 4.78 is 0. The van der Waals surface area contributed by atoms with Gasteiger partial charge in [0, 0.05) is 11.6 Å². The first-order valence-electron chi connectivity index (χ1n) is 5.82. The topological polar surface area (TPSA) is 49.3 Å². The second-order valence-electron chi connectivity index (χ2n) is 4.53. The third-order valence-corrected chi connectivity index (χ3v) is 3.72. The van der Waals surface area contributed by atoms with E-state index in [-0.39, 0.29) is 0 Å². The molecule has 92 valence electrons. The molecule has 0 spiro atoms. The normalized spacial score (nSPS) is 21.4. The van der Waals surface area contributed by atoms with E-state index in [0.29, 0.717) is 10.9 Å². The molecule has 4 heteroatoms. The zero-order valence-corrected chi connectivity index (χ0v) is 10.5. The number of halogens is 1. The number of nitrogens with one attached hydrogen (secondary N) is 1. The molecule has 1 fully saturated rings. The predicted octanol–water partition coefficient (Wildman–Crippen LogP) is 2.61. The van der Waals surface area contributed by atoms with Gasteiger partial charge >= 0.3 is 5.97 Å². The summed E-state index contributed by atoms with van der Waals surface area (Å²) in [4.78, 5) is 10.9. The molecule has 2 atom stereocenters. The Morgan fingerprint density at radius 3 is 2.88 bits per heavy atom. The molecule has 0 aromatic heterocycles. The van der Waals surface area contributed by atoms with Crippen molar-refractivity contribution in [2.24, 2.45) is 0 Å². The molecule has 0 bridgehead atoms. The summed E-state index contributed by atoms with van der Waals surface area (Å²) in [5.41, 5.74) is 1.88. The van der Waals surface area contributed by atoms with Crippen molar-refractivity contribution < 1.29 is 9.90 Å². The smallest absolute Gasteiger partial charge is 0.310 e. The van der Waals surface area contributed by atoms with Crippen LogP contribution in [0.5, 0.6) is 0 Å². The number of rotatable bonds is 3. The number of aliphatic carboxylic acids is 1. The maximum absolute atomic E-state index is 10.9. The quantitative estimate of drug-likeness (QED) is 0.871. The first-order chi connectivity index (χ1) is 8.09. The van der Waals surface area contributed by atoms with Crippen molar-refractivity contribution >= 4 is 17.6 Å². The minimum absolute atomic E-state index is 0.455. The first-order valence-corrected chi connectivity index (χ1v) is 6.20. The van der Waals surface area contributed by atoms with Gasteiger partial charge in [-0.3, -0.25) is 4.79 Å². The lowest BCUT2D eigenvalue weighted by Crippen LogP contribution is -2.10. The van der Waals surface area contributed by atoms with Crippen molar-refractivity contribution in [3.05, 3.63) is 34.3 Å². The molecular weight excluding hydrogens is 238 g/mol. The Kier molecular flexibility index (Phi) is 3.69. The van der Waals surface area contributed by atoms with E-state index >= 15 is 0 Å². The molecule has 1 aromatic rings. The number of carboxylic acid groups (broad SMARTS) is 1. The van der Waals surface area contributed by atoms with Crippen LogP contribution in [-0.4, -0.2) is 24.2 Å². The zero-order chi connectivity index (χ0) is 12.4. The standard InChI is InChI=1S/C13H16ClNO2/c1-8(13(16)17)9-2-3-11(12(14)6-9)10-4-5-15-7-10/h2-3,6,8,10,15H,4-5,7H2,1H3,(H,16,17). The second kappa shape index (κ2) is 5.07. The number of benzene rings is 1. The highest BCUT2D eigenvalue weighted by molar-refractivity contribution is 6.31. The molecule has 1 aliphatic heterocycles. The van der Waals surface area contributed by atoms with E-state index in [2.05, 4.69) is 5.32 Å². The van der Waals surface area contributed by atoms with E-state index in [4.69, 9.17) is 16.7 Å². The molecule has 1 saturated heterocycles. The molecule has 0 radical (unpaired) electrons. The zero-order valence-electron chi connectivity index (χ0n) is 9.74. The van der Waals surface area contributed by atoms with Crippen LogP contribution in [0.2, 0.25) is 5.02 Å². The van der Waals surface area contributed by atoms with Gasteiger partial charge in [0.25, 0.3) is 0 Å². The summed E-state index contributed by atoms with van der Waals surface area (Å²) in [7, 11) is 0. The van der Waals surface area contributed by atoms with Crippen LogP contribution in [0.3, 0.4) is 0 Å². The Hall–Kier alpha value is -1.06. The molecule has 3 nitrogen and oxygen atoms in total. The fourth-order valence-electron chi connectivity index (χ4n) is 2.21. The van der Waals surface area contributed by atoms with Gasteiger partial charge in [-0.15, -0.1) is 0 Å². The van der Waals surface area contributed by atoms with Crippen LogP contribution < -0.4 is 5.32 Å². The van der Waals surface area contributed by atoms with Crippen molar-refractivity contribution in [2.75, 3.05) is 13.1 Å². The molecule has 1 aliphatic rings. The maximum atomic E-state index is 10.9. The highest BCUT2D eigenvalue weighted by Crippen LogP contribution is 2.31. The SMILES string of the molecule is CC(C(=O)O)c1ccc(C2CCNC2)c(Cl)c1. The van der Waals surface area contributed by atoms with Gasteiger partial charge in [-0.25, -0.2) is 0 Å². The fraction of sp³-hybridized carbons (Fsp3) is 0.462. The van der Waals surface area contributed by atoms with Gasteiger partial charge < -0.3 is 10.4 Å². The summed E-state index contributed by atoms with van der Waals surface area (Å²) in [6.45, 7) is 3.65. The Bertz CT molecular complexity index is 427. The summed E-state index contributed by atoms with van der Waals surface area (Å²) in [5, 5.41) is 12.9. The lowest BCUT2D eigenvalue weighted by Gasteiger charge is -2.14.